The lowest BCUT2D eigenvalue weighted by Gasteiger charge is -2.14. The van der Waals surface area contributed by atoms with Crippen molar-refractivity contribution in [2.24, 2.45) is 0 Å². The van der Waals surface area contributed by atoms with Crippen LogP contribution in [0.3, 0.4) is 0 Å². The molecule has 0 aliphatic carbocycles. The summed E-state index contributed by atoms with van der Waals surface area (Å²) >= 11 is 1.44. The van der Waals surface area contributed by atoms with E-state index >= 15 is 0 Å². The van der Waals surface area contributed by atoms with Crippen LogP contribution in [-0.2, 0) is 10.9 Å². The maximum atomic E-state index is 12.9. The number of esters is 1. The topological polar surface area (TPSA) is 50.1 Å². The second-order valence-electron chi connectivity index (χ2n) is 3.21. The van der Waals surface area contributed by atoms with Gasteiger partial charge in [-0.05, 0) is 41.6 Å². The fraction of sp³-hybridized carbons (Fsp3) is 0.273. The Bertz CT molecular complexity index is 520. The quantitative estimate of drug-likeness (QED) is 0.594. The zero-order chi connectivity index (χ0) is 13.9. The lowest BCUT2D eigenvalue weighted by atomic mass is 10.0. The summed E-state index contributed by atoms with van der Waals surface area (Å²) in [5.74, 6) is -1.08. The minimum atomic E-state index is -4.67. The molecule has 0 saturated carbocycles. The second kappa shape index (κ2) is 5.56. The molecular weight excluding hydrogens is 362 g/mol. The first-order valence-electron chi connectivity index (χ1n) is 4.79. The van der Waals surface area contributed by atoms with Crippen molar-refractivity contribution < 1.29 is 22.7 Å². The van der Waals surface area contributed by atoms with Gasteiger partial charge in [0.2, 0.25) is 0 Å². The Kier molecular flexibility index (Phi) is 4.56. The summed E-state index contributed by atoms with van der Waals surface area (Å²) < 4.78 is 42.9. The molecule has 0 aliphatic heterocycles. The van der Waals surface area contributed by atoms with Gasteiger partial charge < -0.3 is 4.74 Å². The van der Waals surface area contributed by atoms with Gasteiger partial charge in [0, 0.05) is 3.57 Å². The van der Waals surface area contributed by atoms with Crippen molar-refractivity contribution in [1.82, 2.24) is 0 Å². The number of hydrogen-bond acceptors (Lipinski definition) is 3. The van der Waals surface area contributed by atoms with Gasteiger partial charge in [-0.1, -0.05) is 0 Å². The minimum Gasteiger partial charge on any atom is -0.462 e. The van der Waals surface area contributed by atoms with E-state index in [1.54, 1.807) is 6.07 Å². The van der Waals surface area contributed by atoms with Gasteiger partial charge in [-0.2, -0.15) is 18.4 Å². The molecule has 7 heteroatoms. The summed E-state index contributed by atoms with van der Waals surface area (Å²) in [4.78, 5) is 11.5. The van der Waals surface area contributed by atoms with E-state index in [-0.39, 0.29) is 15.7 Å². The summed E-state index contributed by atoms with van der Waals surface area (Å²) in [6.45, 7) is 1.45. The van der Waals surface area contributed by atoms with E-state index < -0.39 is 23.3 Å². The van der Waals surface area contributed by atoms with Crippen LogP contribution < -0.4 is 0 Å². The molecule has 0 radical (unpaired) electrons. The smallest absolute Gasteiger partial charge is 0.418 e. The summed E-state index contributed by atoms with van der Waals surface area (Å²) in [5, 5.41) is 8.71. The van der Waals surface area contributed by atoms with Gasteiger partial charge in [0.25, 0.3) is 0 Å². The van der Waals surface area contributed by atoms with Crippen LogP contribution in [0.15, 0.2) is 12.1 Å². The molecular formula is C11H7F3INO2. The largest absolute Gasteiger partial charge is 0.462 e. The predicted molar refractivity (Wildman–Crippen MR) is 64.8 cm³/mol. The standard InChI is InChI=1S/C11H7F3INO2/c1-2-18-10(17)7-3-6(5-16)4-8(15)9(7)11(12,13)14/h3-4H,2H2,1H3. The molecule has 0 spiro atoms. The van der Waals surface area contributed by atoms with Gasteiger partial charge in [-0.15, -0.1) is 0 Å². The first-order valence-corrected chi connectivity index (χ1v) is 5.87. The summed E-state index contributed by atoms with van der Waals surface area (Å²) in [7, 11) is 0. The van der Waals surface area contributed by atoms with Crippen LogP contribution in [-0.4, -0.2) is 12.6 Å². The van der Waals surface area contributed by atoms with Crippen LogP contribution in [0.25, 0.3) is 0 Å². The lowest BCUT2D eigenvalue weighted by molar-refractivity contribution is -0.138. The third-order valence-electron chi connectivity index (χ3n) is 2.00. The van der Waals surface area contributed by atoms with E-state index in [0.29, 0.717) is 0 Å². The van der Waals surface area contributed by atoms with Crippen LogP contribution in [0.2, 0.25) is 0 Å². The van der Waals surface area contributed by atoms with E-state index in [1.165, 1.54) is 29.5 Å². The Morgan fingerprint density at radius 1 is 1.50 bits per heavy atom. The SMILES string of the molecule is CCOC(=O)c1cc(C#N)cc(I)c1C(F)(F)F. The third kappa shape index (κ3) is 3.13. The Labute approximate surface area is 115 Å². The van der Waals surface area contributed by atoms with Crippen LogP contribution in [0, 0.1) is 14.9 Å². The molecule has 96 valence electrons. The predicted octanol–water partition coefficient (Wildman–Crippen LogP) is 3.36. The second-order valence-corrected chi connectivity index (χ2v) is 4.37. The van der Waals surface area contributed by atoms with Gasteiger partial charge >= 0.3 is 12.1 Å². The number of benzene rings is 1. The van der Waals surface area contributed by atoms with Gasteiger partial charge in [-0.3, -0.25) is 0 Å². The Hall–Kier alpha value is -1.30. The highest BCUT2D eigenvalue weighted by molar-refractivity contribution is 14.1. The number of hydrogen-bond donors (Lipinski definition) is 0. The van der Waals surface area contributed by atoms with Crippen molar-refractivity contribution in [3.63, 3.8) is 0 Å². The fourth-order valence-corrected chi connectivity index (χ4v) is 2.26. The monoisotopic (exact) mass is 369 g/mol. The van der Waals surface area contributed by atoms with E-state index in [1.807, 2.05) is 0 Å². The van der Waals surface area contributed by atoms with E-state index in [2.05, 4.69) is 4.74 Å². The summed E-state index contributed by atoms with van der Waals surface area (Å²) in [6, 6.07) is 3.67. The zero-order valence-corrected chi connectivity index (χ0v) is 11.3. The summed E-state index contributed by atoms with van der Waals surface area (Å²) in [6.07, 6.45) is -4.67. The van der Waals surface area contributed by atoms with Crippen LogP contribution in [0.1, 0.15) is 28.4 Å². The van der Waals surface area contributed by atoms with E-state index in [4.69, 9.17) is 5.26 Å². The minimum absolute atomic E-state index is 0.0181. The van der Waals surface area contributed by atoms with E-state index in [9.17, 15) is 18.0 Å². The zero-order valence-electron chi connectivity index (χ0n) is 9.14. The fourth-order valence-electron chi connectivity index (χ4n) is 1.33. The van der Waals surface area contributed by atoms with E-state index in [0.717, 1.165) is 12.1 Å². The molecule has 0 heterocycles. The van der Waals surface area contributed by atoms with Crippen molar-refractivity contribution in [2.45, 2.75) is 13.1 Å². The molecule has 0 bridgehead atoms. The van der Waals surface area contributed by atoms with Crippen LogP contribution in [0.4, 0.5) is 13.2 Å². The lowest BCUT2D eigenvalue weighted by Crippen LogP contribution is -2.17. The highest BCUT2D eigenvalue weighted by atomic mass is 127. The first kappa shape index (κ1) is 14.8. The number of alkyl halides is 3. The molecule has 0 amide bonds. The Morgan fingerprint density at radius 3 is 2.56 bits per heavy atom. The Morgan fingerprint density at radius 2 is 2.11 bits per heavy atom. The summed E-state index contributed by atoms with van der Waals surface area (Å²) in [5.41, 5.74) is -1.72. The number of carbonyl (C=O) groups excluding carboxylic acids is 1. The number of nitriles is 1. The first-order chi connectivity index (χ1) is 8.31. The average molecular weight is 369 g/mol. The average Bonchev–Trinajstić information content (AvgIpc) is 2.26. The molecule has 1 rings (SSSR count). The third-order valence-corrected chi connectivity index (χ3v) is 2.85. The van der Waals surface area contributed by atoms with Gasteiger partial charge in [-0.25, -0.2) is 4.79 Å². The molecule has 0 atom stereocenters. The number of carbonyl (C=O) groups is 1. The van der Waals surface area contributed by atoms with Gasteiger partial charge in [0.15, 0.2) is 0 Å². The molecule has 1 aromatic rings. The number of ether oxygens (including phenoxy) is 1. The molecule has 1 aromatic carbocycles. The Balaban J connectivity index is 3.50. The van der Waals surface area contributed by atoms with Crippen molar-refractivity contribution in [3.05, 3.63) is 32.4 Å². The molecule has 0 aliphatic rings. The van der Waals surface area contributed by atoms with Crippen molar-refractivity contribution in [1.29, 1.82) is 5.26 Å². The van der Waals surface area contributed by atoms with Gasteiger partial charge in [0.05, 0.1) is 29.4 Å². The number of nitrogens with zero attached hydrogens (tertiary/aromatic N) is 1. The molecule has 0 unspecified atom stereocenters. The molecule has 3 nitrogen and oxygen atoms in total. The molecule has 0 saturated heterocycles. The molecule has 0 fully saturated rings. The normalized spacial score (nSPS) is 10.9. The molecule has 18 heavy (non-hydrogen) atoms. The highest BCUT2D eigenvalue weighted by Crippen LogP contribution is 2.36. The van der Waals surface area contributed by atoms with Crippen LogP contribution in [0.5, 0.6) is 0 Å². The molecule has 0 aromatic heterocycles. The maximum absolute atomic E-state index is 12.9. The highest BCUT2D eigenvalue weighted by Gasteiger charge is 2.38. The van der Waals surface area contributed by atoms with Crippen LogP contribution >= 0.6 is 22.6 Å². The molecule has 0 N–H and O–H groups in total. The number of halogens is 4. The van der Waals surface area contributed by atoms with Crippen molar-refractivity contribution in [3.8, 4) is 6.07 Å². The van der Waals surface area contributed by atoms with Crippen molar-refractivity contribution >= 4 is 28.6 Å². The van der Waals surface area contributed by atoms with Crippen molar-refractivity contribution in [2.75, 3.05) is 6.61 Å². The number of rotatable bonds is 2. The van der Waals surface area contributed by atoms with Gasteiger partial charge in [0.1, 0.15) is 0 Å². The maximum Gasteiger partial charge on any atom is 0.418 e.